The average Bonchev–Trinajstić information content (AvgIpc) is 3.01. The van der Waals surface area contributed by atoms with Gasteiger partial charge < -0.3 is 9.32 Å². The fourth-order valence-corrected chi connectivity index (χ4v) is 4.80. The minimum Gasteiger partial charge on any atom is -0.464 e. The largest absolute Gasteiger partial charge is 0.464 e. The van der Waals surface area contributed by atoms with Crippen LogP contribution in [0.4, 0.5) is 0 Å². The molecule has 1 fully saturated rings. The van der Waals surface area contributed by atoms with Gasteiger partial charge in [0.2, 0.25) is 15.9 Å². The van der Waals surface area contributed by atoms with E-state index in [2.05, 4.69) is 37.6 Å². The lowest BCUT2D eigenvalue weighted by atomic mass is 9.94. The summed E-state index contributed by atoms with van der Waals surface area (Å²) in [5.74, 6) is 0.495. The number of nitrogens with zero attached hydrogens (tertiary/aromatic N) is 1. The molecule has 1 saturated heterocycles. The first-order valence-corrected chi connectivity index (χ1v) is 12.3. The van der Waals surface area contributed by atoms with Gasteiger partial charge in [-0.15, -0.1) is 0 Å². The normalized spacial score (nSPS) is 18.0. The van der Waals surface area contributed by atoms with Gasteiger partial charge in [0, 0.05) is 30.1 Å². The molecule has 1 aromatic carbocycles. The molecule has 0 aliphatic carbocycles. The molecule has 1 aliphatic rings. The summed E-state index contributed by atoms with van der Waals surface area (Å²) in [6.07, 6.45) is 6.79. The Bertz CT molecular complexity index is 978. The van der Waals surface area contributed by atoms with Crippen molar-refractivity contribution in [2.24, 2.45) is 0 Å². The lowest BCUT2D eigenvalue weighted by Crippen LogP contribution is -2.45. The minimum atomic E-state index is -3.21. The summed E-state index contributed by atoms with van der Waals surface area (Å²) < 4.78 is 30.9. The zero-order valence-electron chi connectivity index (χ0n) is 17.8. The number of rotatable bonds is 7. The third-order valence-corrected chi connectivity index (χ3v) is 6.52. The molecular weight excluding hydrogens is 388 g/mol. The predicted octanol–water partition coefficient (Wildman–Crippen LogP) is 3.73. The van der Waals surface area contributed by atoms with Gasteiger partial charge in [0.1, 0.15) is 5.58 Å². The van der Waals surface area contributed by atoms with Gasteiger partial charge in [0.15, 0.2) is 0 Å². The number of likely N-dealkylation sites (tertiary alicyclic amines) is 1. The maximum atomic E-state index is 13.1. The Labute approximate surface area is 173 Å². The zero-order chi connectivity index (χ0) is 21.2. The summed E-state index contributed by atoms with van der Waals surface area (Å²) in [4.78, 5) is 15.0. The monoisotopic (exact) mass is 420 g/mol. The van der Waals surface area contributed by atoms with Crippen LogP contribution in [-0.4, -0.2) is 44.6 Å². The molecule has 7 heteroatoms. The number of hydrogen-bond donors (Lipinski definition) is 1. The smallest absolute Gasteiger partial charge is 0.227 e. The molecule has 0 bridgehead atoms. The zero-order valence-corrected chi connectivity index (χ0v) is 18.6. The highest BCUT2D eigenvalue weighted by Crippen LogP contribution is 2.30. The highest BCUT2D eigenvalue weighted by molar-refractivity contribution is 7.88. The molecular formula is C22H32N2O4S. The second-order valence-corrected chi connectivity index (χ2v) is 10.3. The molecule has 2 aromatic rings. The van der Waals surface area contributed by atoms with Crippen molar-refractivity contribution in [3.05, 3.63) is 35.1 Å². The van der Waals surface area contributed by atoms with Crippen LogP contribution in [0, 0.1) is 6.92 Å². The van der Waals surface area contributed by atoms with Gasteiger partial charge in [0.05, 0.1) is 18.9 Å². The van der Waals surface area contributed by atoms with Crippen molar-refractivity contribution in [3.63, 3.8) is 0 Å². The third-order valence-electron chi connectivity index (χ3n) is 5.80. The van der Waals surface area contributed by atoms with E-state index in [9.17, 15) is 13.2 Å². The van der Waals surface area contributed by atoms with Crippen molar-refractivity contribution >= 4 is 26.9 Å². The van der Waals surface area contributed by atoms with Gasteiger partial charge in [-0.3, -0.25) is 4.79 Å². The minimum absolute atomic E-state index is 0.0807. The van der Waals surface area contributed by atoms with E-state index in [1.807, 2.05) is 4.90 Å². The van der Waals surface area contributed by atoms with E-state index in [1.54, 1.807) is 6.26 Å². The van der Waals surface area contributed by atoms with Crippen LogP contribution in [0.2, 0.25) is 0 Å². The number of aryl methyl sites for hydroxylation is 1. The van der Waals surface area contributed by atoms with Crippen LogP contribution in [0.1, 0.15) is 62.1 Å². The van der Waals surface area contributed by atoms with E-state index in [-0.39, 0.29) is 11.9 Å². The van der Waals surface area contributed by atoms with Crippen LogP contribution >= 0.6 is 0 Å². The number of carbonyl (C=O) groups excluding carboxylic acids is 1. The van der Waals surface area contributed by atoms with Crippen molar-refractivity contribution in [1.29, 1.82) is 0 Å². The molecule has 160 valence electrons. The first-order valence-electron chi connectivity index (χ1n) is 10.4. The quantitative estimate of drug-likeness (QED) is 0.740. The molecule has 6 nitrogen and oxygen atoms in total. The summed E-state index contributed by atoms with van der Waals surface area (Å²) >= 11 is 0. The molecule has 1 aliphatic heterocycles. The van der Waals surface area contributed by atoms with E-state index < -0.39 is 10.0 Å². The Kier molecular flexibility index (Phi) is 6.69. The van der Waals surface area contributed by atoms with Gasteiger partial charge in [-0.1, -0.05) is 13.8 Å². The van der Waals surface area contributed by atoms with Crippen molar-refractivity contribution in [2.75, 3.05) is 19.3 Å². The van der Waals surface area contributed by atoms with Crippen LogP contribution in [0.25, 0.3) is 11.0 Å². The first kappa shape index (κ1) is 21.8. The number of benzene rings is 1. The maximum Gasteiger partial charge on any atom is 0.227 e. The Balaban J connectivity index is 1.75. The molecule has 1 amide bonds. The second-order valence-electron chi connectivity index (χ2n) is 8.49. The highest BCUT2D eigenvalue weighted by Gasteiger charge is 2.27. The van der Waals surface area contributed by atoms with Gasteiger partial charge in [-0.2, -0.15) is 0 Å². The number of furan rings is 1. The van der Waals surface area contributed by atoms with Crippen LogP contribution in [0.5, 0.6) is 0 Å². The summed E-state index contributed by atoms with van der Waals surface area (Å²) in [5, 5.41) is 1.01. The van der Waals surface area contributed by atoms with E-state index >= 15 is 0 Å². The molecule has 1 atom stereocenters. The van der Waals surface area contributed by atoms with Crippen LogP contribution < -0.4 is 4.72 Å². The van der Waals surface area contributed by atoms with E-state index in [1.165, 1.54) is 11.1 Å². The van der Waals surface area contributed by atoms with Crippen molar-refractivity contribution in [2.45, 2.75) is 64.8 Å². The Morgan fingerprint density at radius 3 is 2.76 bits per heavy atom. The summed E-state index contributed by atoms with van der Waals surface area (Å²) in [7, 11) is -3.21. The molecule has 3 rings (SSSR count). The average molecular weight is 421 g/mol. The van der Waals surface area contributed by atoms with Crippen molar-refractivity contribution in [1.82, 2.24) is 9.62 Å². The summed E-state index contributed by atoms with van der Waals surface area (Å²) in [6.45, 7) is 7.52. The van der Waals surface area contributed by atoms with Gasteiger partial charge >= 0.3 is 0 Å². The van der Waals surface area contributed by atoms with Gasteiger partial charge in [-0.05, 0) is 61.8 Å². The topological polar surface area (TPSA) is 79.6 Å². The number of nitrogens with one attached hydrogen (secondary N) is 1. The lowest BCUT2D eigenvalue weighted by molar-refractivity contribution is -0.134. The van der Waals surface area contributed by atoms with Crippen molar-refractivity contribution in [3.8, 4) is 0 Å². The molecule has 1 aromatic heterocycles. The van der Waals surface area contributed by atoms with Crippen LogP contribution in [0.3, 0.4) is 0 Å². The number of fused-ring (bicyclic) bond motifs is 1. The molecule has 1 N–H and O–H groups in total. The maximum absolute atomic E-state index is 13.1. The summed E-state index contributed by atoms with van der Waals surface area (Å²) in [6, 6.07) is 4.29. The van der Waals surface area contributed by atoms with E-state index in [0.717, 1.165) is 48.6 Å². The fraction of sp³-hybridized carbons (Fsp3) is 0.591. The molecule has 2 heterocycles. The number of amides is 1. The molecule has 1 unspecified atom stereocenters. The predicted molar refractivity (Wildman–Crippen MR) is 116 cm³/mol. The standard InChI is InChI=1S/C22H32N2O4S/c1-15(2)19-13-20-17(14-28-21(20)11-16(19)3)12-22(25)24-10-6-5-7-18(24)8-9-23-29(4,26)27/h11,13-15,18,23H,5-10,12H2,1-4H3. The Morgan fingerprint density at radius 1 is 1.31 bits per heavy atom. The highest BCUT2D eigenvalue weighted by atomic mass is 32.2. The first-order chi connectivity index (χ1) is 13.7. The summed E-state index contributed by atoms with van der Waals surface area (Å²) in [5.41, 5.74) is 4.22. The number of piperidine rings is 1. The number of carbonyl (C=O) groups is 1. The van der Waals surface area contributed by atoms with E-state index in [4.69, 9.17) is 4.42 Å². The molecule has 0 saturated carbocycles. The second kappa shape index (κ2) is 8.88. The lowest BCUT2D eigenvalue weighted by Gasteiger charge is -2.36. The Morgan fingerprint density at radius 2 is 2.07 bits per heavy atom. The fourth-order valence-electron chi connectivity index (χ4n) is 4.31. The third kappa shape index (κ3) is 5.39. The Hall–Kier alpha value is -1.86. The van der Waals surface area contributed by atoms with Crippen molar-refractivity contribution < 1.29 is 17.6 Å². The van der Waals surface area contributed by atoms with Crippen LogP contribution in [-0.2, 0) is 21.2 Å². The number of hydrogen-bond acceptors (Lipinski definition) is 4. The van der Waals surface area contributed by atoms with Gasteiger partial charge in [-0.25, -0.2) is 13.1 Å². The molecule has 0 spiro atoms. The molecule has 29 heavy (non-hydrogen) atoms. The molecule has 0 radical (unpaired) electrons. The van der Waals surface area contributed by atoms with Gasteiger partial charge in [0.25, 0.3) is 0 Å². The van der Waals surface area contributed by atoms with E-state index in [0.29, 0.717) is 25.3 Å². The van der Waals surface area contributed by atoms with Crippen LogP contribution in [0.15, 0.2) is 22.8 Å². The SMILES string of the molecule is Cc1cc2occ(CC(=O)N3CCCCC3CCNS(C)(=O)=O)c2cc1C(C)C. The number of sulfonamides is 1.